The fraction of sp³-hybridized carbons (Fsp3) is 0.240. The van der Waals surface area contributed by atoms with Crippen LogP contribution in [0, 0.1) is 0 Å². The van der Waals surface area contributed by atoms with Crippen molar-refractivity contribution in [2.24, 2.45) is 0 Å². The van der Waals surface area contributed by atoms with E-state index < -0.39 is 0 Å². The van der Waals surface area contributed by atoms with Gasteiger partial charge in [-0.15, -0.1) is 0 Å². The molecule has 0 atom stereocenters. The molecule has 6 heterocycles. The van der Waals surface area contributed by atoms with Gasteiger partial charge in [0.05, 0.1) is 60.6 Å². The molecule has 362 valence electrons. The molecule has 0 fully saturated rings. The second-order valence-corrected chi connectivity index (χ2v) is 14.1. The maximum absolute atomic E-state index is 12.1. The first-order valence-corrected chi connectivity index (χ1v) is 21.2. The number of carbonyl (C=O) groups is 4. The van der Waals surface area contributed by atoms with Crippen molar-refractivity contribution < 1.29 is 57.6 Å². The third-order valence-corrected chi connectivity index (χ3v) is 9.28. The van der Waals surface area contributed by atoms with Gasteiger partial charge in [-0.1, -0.05) is 25.3 Å². The van der Waals surface area contributed by atoms with E-state index in [4.69, 9.17) is 18.9 Å². The van der Waals surface area contributed by atoms with Crippen LogP contribution in [-0.4, -0.2) is 135 Å². The maximum atomic E-state index is 12.1. The van der Waals surface area contributed by atoms with Gasteiger partial charge in [-0.05, 0) is 83.9 Å². The summed E-state index contributed by atoms with van der Waals surface area (Å²) in [4.78, 5) is 74.1. The molecule has 0 aliphatic carbocycles. The second kappa shape index (κ2) is 31.7. The molecular formula is C50H56N10O8Ru. The van der Waals surface area contributed by atoms with Crippen molar-refractivity contribution in [2.45, 2.75) is 0 Å². The number of rotatable bonds is 21. The van der Waals surface area contributed by atoms with Gasteiger partial charge in [0.15, 0.2) is 0 Å². The molecule has 0 unspecified atom stereocenters. The molecule has 18 nitrogen and oxygen atoms in total. The number of hydrogen-bond donors (Lipinski definition) is 4. The van der Waals surface area contributed by atoms with Crippen LogP contribution < -0.4 is 21.3 Å². The summed E-state index contributed by atoms with van der Waals surface area (Å²) in [6, 6.07) is 20.8. The van der Waals surface area contributed by atoms with Gasteiger partial charge in [0.1, 0.15) is 0 Å². The van der Waals surface area contributed by atoms with Gasteiger partial charge in [0, 0.05) is 134 Å². The Morgan fingerprint density at radius 1 is 0.406 bits per heavy atom. The van der Waals surface area contributed by atoms with Crippen LogP contribution in [0.15, 0.2) is 123 Å². The van der Waals surface area contributed by atoms with Crippen LogP contribution in [0.5, 0.6) is 0 Å². The molecular weight excluding hydrogens is 970 g/mol. The van der Waals surface area contributed by atoms with Crippen LogP contribution in [0.1, 0.15) is 52.6 Å². The average molecular weight is 1030 g/mol. The van der Waals surface area contributed by atoms with Crippen LogP contribution in [0.4, 0.5) is 0 Å². The third-order valence-electron chi connectivity index (χ3n) is 9.28. The molecule has 69 heavy (non-hydrogen) atoms. The van der Waals surface area contributed by atoms with Crippen LogP contribution in [0.3, 0.4) is 0 Å². The number of aromatic nitrogens is 6. The largest absolute Gasteiger partial charge is 0.383 e. The van der Waals surface area contributed by atoms with E-state index in [1.54, 1.807) is 102 Å². The van der Waals surface area contributed by atoms with Gasteiger partial charge in [-0.3, -0.25) is 49.1 Å². The number of nitrogens with one attached hydrogen (secondary N) is 4. The van der Waals surface area contributed by atoms with E-state index in [2.05, 4.69) is 64.3 Å². The number of carbonyl (C=O) groups excluding carboxylic acids is 4. The summed E-state index contributed by atoms with van der Waals surface area (Å²) in [5.41, 5.74) is 7.66. The van der Waals surface area contributed by atoms with Gasteiger partial charge in [0.25, 0.3) is 23.6 Å². The predicted octanol–water partition coefficient (Wildman–Crippen LogP) is 5.22. The van der Waals surface area contributed by atoms with E-state index in [-0.39, 0.29) is 43.1 Å². The van der Waals surface area contributed by atoms with E-state index in [1.807, 2.05) is 24.3 Å². The Morgan fingerprint density at radius 3 is 0.841 bits per heavy atom. The van der Waals surface area contributed by atoms with Crippen molar-refractivity contribution in [3.8, 4) is 34.2 Å². The van der Waals surface area contributed by atoms with Crippen molar-refractivity contribution in [1.29, 1.82) is 0 Å². The first-order chi connectivity index (χ1) is 33.1. The Bertz CT molecular complexity index is 2300. The Kier molecular flexibility index (Phi) is 25.7. The molecule has 0 saturated carbocycles. The Morgan fingerprint density at radius 2 is 0.623 bits per heavy atom. The summed E-state index contributed by atoms with van der Waals surface area (Å²) < 4.78 is 19.6. The molecule has 0 aromatic carbocycles. The fourth-order valence-electron chi connectivity index (χ4n) is 5.75. The minimum atomic E-state index is -0.223. The fourth-order valence-corrected chi connectivity index (χ4v) is 5.75. The van der Waals surface area contributed by atoms with Crippen molar-refractivity contribution in [2.75, 3.05) is 81.0 Å². The molecule has 6 aromatic heterocycles. The number of hydrogen-bond acceptors (Lipinski definition) is 14. The van der Waals surface area contributed by atoms with E-state index in [9.17, 15) is 19.2 Å². The van der Waals surface area contributed by atoms with Crippen molar-refractivity contribution in [1.82, 2.24) is 51.2 Å². The molecule has 0 aliphatic heterocycles. The third kappa shape index (κ3) is 19.1. The predicted molar refractivity (Wildman–Crippen MR) is 259 cm³/mol. The summed E-state index contributed by atoms with van der Waals surface area (Å²) >= 11 is 0. The van der Waals surface area contributed by atoms with Crippen molar-refractivity contribution in [3.63, 3.8) is 0 Å². The molecule has 4 amide bonds. The standard InChI is InChI=1S/2C18H22N4O4.C14H12N2.Ru/c2*1-25-9-7-21-17(23)13-3-5-19-15(11-13)16-12-14(4-6-20-16)18(24)22-8-10-26-2;1-3-11-5-7-15-13(9-11)14-10-12(4-2)6-8-16-14;/h2*3-6,11-12H,7-10H2,1-2H3,(H,21,23)(H,22,24);3-10H,1-2H2;. The Balaban J connectivity index is 0.000000280. The van der Waals surface area contributed by atoms with E-state index >= 15 is 0 Å². The van der Waals surface area contributed by atoms with Gasteiger partial charge in [-0.25, -0.2) is 0 Å². The summed E-state index contributed by atoms with van der Waals surface area (Å²) in [7, 11) is 6.28. The normalized spacial score (nSPS) is 10.1. The smallest absolute Gasteiger partial charge is 0.251 e. The quantitative estimate of drug-likeness (QED) is 0.0536. The number of ether oxygens (including phenoxy) is 4. The molecule has 0 spiro atoms. The van der Waals surface area contributed by atoms with Crippen molar-refractivity contribution >= 4 is 35.8 Å². The second-order valence-electron chi connectivity index (χ2n) is 14.1. The zero-order chi connectivity index (χ0) is 48.9. The molecule has 0 saturated heterocycles. The van der Waals surface area contributed by atoms with Crippen LogP contribution >= 0.6 is 0 Å². The van der Waals surface area contributed by atoms with E-state index in [0.717, 1.165) is 22.5 Å². The zero-order valence-electron chi connectivity index (χ0n) is 38.9. The molecule has 0 radical (unpaired) electrons. The summed E-state index contributed by atoms with van der Waals surface area (Å²) in [5.74, 6) is -0.892. The first-order valence-electron chi connectivity index (χ1n) is 21.2. The topological polar surface area (TPSA) is 231 Å². The molecule has 0 aliphatic rings. The Labute approximate surface area is 414 Å². The average Bonchev–Trinajstić information content (AvgIpc) is 3.39. The minimum absolute atomic E-state index is 0. The van der Waals surface area contributed by atoms with Crippen LogP contribution in [0.25, 0.3) is 46.3 Å². The van der Waals surface area contributed by atoms with Gasteiger partial charge >= 0.3 is 0 Å². The number of pyridine rings is 6. The molecule has 6 rings (SSSR count). The minimum Gasteiger partial charge on any atom is -0.383 e. The van der Waals surface area contributed by atoms with E-state index in [1.165, 1.54) is 24.8 Å². The maximum Gasteiger partial charge on any atom is 0.251 e. The van der Waals surface area contributed by atoms with Gasteiger partial charge in [-0.2, -0.15) is 0 Å². The monoisotopic (exact) mass is 1030 g/mol. The first kappa shape index (κ1) is 56.0. The zero-order valence-corrected chi connectivity index (χ0v) is 40.7. The Hall–Kier alpha value is -7.28. The molecule has 19 heteroatoms. The van der Waals surface area contributed by atoms with Gasteiger partial charge < -0.3 is 40.2 Å². The summed E-state index contributed by atoms with van der Waals surface area (Å²) in [6.45, 7) is 10.9. The molecule has 0 bridgehead atoms. The molecule has 4 N–H and O–H groups in total. The SMILES string of the molecule is C=Cc1ccnc(-c2cc(C=C)ccn2)c1.COCCNC(=O)c1ccnc(-c2cc(C(=O)NCCOC)ccn2)c1.COCCNC(=O)c1ccnc(-c2cc(C(=O)NCCOC)ccn2)c1.[Ru]. The number of amides is 4. The molecule has 6 aromatic rings. The summed E-state index contributed by atoms with van der Waals surface area (Å²) in [5, 5.41) is 11.0. The number of nitrogens with zero attached hydrogens (tertiary/aromatic N) is 6. The summed E-state index contributed by atoms with van der Waals surface area (Å²) in [6.07, 6.45) is 13.2. The van der Waals surface area contributed by atoms with E-state index in [0.29, 0.717) is 97.6 Å². The van der Waals surface area contributed by atoms with Crippen LogP contribution in [-0.2, 0) is 38.4 Å². The van der Waals surface area contributed by atoms with Crippen molar-refractivity contribution in [3.05, 3.63) is 157 Å². The number of methoxy groups -OCH3 is 4. The van der Waals surface area contributed by atoms with Crippen LogP contribution in [0.2, 0.25) is 0 Å². The van der Waals surface area contributed by atoms with Gasteiger partial charge in [0.2, 0.25) is 0 Å².